The van der Waals surface area contributed by atoms with Crippen molar-refractivity contribution in [2.45, 2.75) is 36.9 Å². The van der Waals surface area contributed by atoms with E-state index in [0.717, 1.165) is 6.92 Å². The molecule has 8 heteroatoms. The van der Waals surface area contributed by atoms with Crippen LogP contribution < -0.4 is 5.32 Å². The van der Waals surface area contributed by atoms with E-state index in [1.54, 1.807) is 6.92 Å². The summed E-state index contributed by atoms with van der Waals surface area (Å²) in [7, 11) is -3.68. The van der Waals surface area contributed by atoms with Crippen molar-refractivity contribution in [1.82, 2.24) is 9.62 Å². The number of alkyl halides is 3. The molecule has 1 fully saturated rings. The van der Waals surface area contributed by atoms with Crippen LogP contribution in [0.5, 0.6) is 0 Å². The first-order valence-corrected chi connectivity index (χ1v) is 8.47. The molecule has 0 saturated carbocycles. The Labute approximate surface area is 128 Å². The Morgan fingerprint density at radius 2 is 1.86 bits per heavy atom. The first-order chi connectivity index (χ1) is 10.1. The van der Waals surface area contributed by atoms with Gasteiger partial charge in [-0.15, -0.1) is 0 Å². The fraction of sp³-hybridized carbons (Fsp3) is 0.571. The van der Waals surface area contributed by atoms with Crippen LogP contribution in [0.4, 0.5) is 13.2 Å². The molecule has 2 rings (SSSR count). The first-order valence-electron chi connectivity index (χ1n) is 7.03. The molecule has 1 saturated heterocycles. The highest BCUT2D eigenvalue weighted by Crippen LogP contribution is 2.34. The second-order valence-corrected chi connectivity index (χ2v) is 7.39. The van der Waals surface area contributed by atoms with E-state index in [4.69, 9.17) is 0 Å². The molecular weight excluding hydrogens is 317 g/mol. The Morgan fingerprint density at radius 1 is 1.27 bits per heavy atom. The maximum absolute atomic E-state index is 12.7. The van der Waals surface area contributed by atoms with Crippen LogP contribution in [-0.2, 0) is 10.0 Å². The molecule has 4 nitrogen and oxygen atoms in total. The maximum Gasteiger partial charge on any atom is 0.395 e. The summed E-state index contributed by atoms with van der Waals surface area (Å²) >= 11 is 0. The van der Waals surface area contributed by atoms with Crippen molar-refractivity contribution < 1.29 is 21.6 Å². The standard InChI is InChI=1S/C14H19F3N2O2S/c1-10-9-18-7-8-19(10)22(20,21)13-5-3-12(4-6-13)11(2)14(15,16)17/h3-6,10-11,18H,7-9H2,1-2H3. The fourth-order valence-corrected chi connectivity index (χ4v) is 4.06. The zero-order valence-electron chi connectivity index (χ0n) is 12.4. The van der Waals surface area contributed by atoms with Crippen LogP contribution in [0.3, 0.4) is 0 Å². The smallest absolute Gasteiger partial charge is 0.314 e. The molecule has 0 bridgehead atoms. The van der Waals surface area contributed by atoms with E-state index in [1.165, 1.54) is 28.6 Å². The molecule has 1 N–H and O–H groups in total. The summed E-state index contributed by atoms with van der Waals surface area (Å²) in [5, 5.41) is 3.10. The second-order valence-electron chi connectivity index (χ2n) is 5.50. The van der Waals surface area contributed by atoms with Gasteiger partial charge < -0.3 is 5.32 Å². The van der Waals surface area contributed by atoms with E-state index < -0.39 is 22.1 Å². The Balaban J connectivity index is 2.26. The zero-order valence-corrected chi connectivity index (χ0v) is 13.2. The number of hydrogen-bond donors (Lipinski definition) is 1. The summed E-state index contributed by atoms with van der Waals surface area (Å²) in [6.07, 6.45) is -4.34. The molecular formula is C14H19F3N2O2S. The SMILES string of the molecule is CC1CNCCN1S(=O)(=O)c1ccc(C(C)C(F)(F)F)cc1. The van der Waals surface area contributed by atoms with Crippen molar-refractivity contribution in [2.75, 3.05) is 19.6 Å². The van der Waals surface area contributed by atoms with Crippen molar-refractivity contribution in [1.29, 1.82) is 0 Å². The van der Waals surface area contributed by atoms with Crippen molar-refractivity contribution in [3.05, 3.63) is 29.8 Å². The molecule has 1 aliphatic heterocycles. The van der Waals surface area contributed by atoms with Crippen LogP contribution >= 0.6 is 0 Å². The molecule has 0 aliphatic carbocycles. The maximum atomic E-state index is 12.7. The molecule has 2 atom stereocenters. The second kappa shape index (κ2) is 6.17. The molecule has 1 aliphatic rings. The van der Waals surface area contributed by atoms with Crippen molar-refractivity contribution in [2.24, 2.45) is 0 Å². The van der Waals surface area contributed by atoms with E-state index in [1.807, 2.05) is 0 Å². The first kappa shape index (κ1) is 17.2. The molecule has 1 heterocycles. The molecule has 0 spiro atoms. The zero-order chi connectivity index (χ0) is 16.5. The molecule has 1 aromatic rings. The van der Waals surface area contributed by atoms with E-state index in [2.05, 4.69) is 5.32 Å². The molecule has 0 radical (unpaired) electrons. The fourth-order valence-electron chi connectivity index (χ4n) is 2.43. The molecule has 0 amide bonds. The number of halogens is 3. The summed E-state index contributed by atoms with van der Waals surface area (Å²) < 4.78 is 64.5. The van der Waals surface area contributed by atoms with Crippen LogP contribution in [0.2, 0.25) is 0 Å². The van der Waals surface area contributed by atoms with Crippen molar-refractivity contribution in [3.8, 4) is 0 Å². The predicted octanol–water partition coefficient (Wildman–Crippen LogP) is 2.33. The average Bonchev–Trinajstić information content (AvgIpc) is 2.46. The minimum Gasteiger partial charge on any atom is -0.314 e. The quantitative estimate of drug-likeness (QED) is 0.922. The van der Waals surface area contributed by atoms with Gasteiger partial charge in [-0.3, -0.25) is 0 Å². The van der Waals surface area contributed by atoms with Crippen LogP contribution in [0.1, 0.15) is 25.3 Å². The minimum atomic E-state index is -4.34. The molecule has 124 valence electrons. The monoisotopic (exact) mass is 336 g/mol. The number of hydrogen-bond acceptors (Lipinski definition) is 3. The summed E-state index contributed by atoms with van der Waals surface area (Å²) in [5.74, 6) is -1.62. The van der Waals surface area contributed by atoms with Gasteiger partial charge in [-0.2, -0.15) is 17.5 Å². The lowest BCUT2D eigenvalue weighted by Gasteiger charge is -2.32. The summed E-state index contributed by atoms with van der Waals surface area (Å²) in [5.41, 5.74) is 0.0554. The van der Waals surface area contributed by atoms with Gasteiger partial charge >= 0.3 is 6.18 Å². The Bertz CT molecular complexity index is 614. The van der Waals surface area contributed by atoms with Gasteiger partial charge in [0.05, 0.1) is 10.8 Å². The van der Waals surface area contributed by atoms with Crippen LogP contribution in [0.25, 0.3) is 0 Å². The van der Waals surface area contributed by atoms with Crippen LogP contribution in [-0.4, -0.2) is 44.6 Å². The van der Waals surface area contributed by atoms with Crippen LogP contribution in [0, 0.1) is 0 Å². The third kappa shape index (κ3) is 3.44. The van der Waals surface area contributed by atoms with E-state index >= 15 is 0 Å². The molecule has 2 unspecified atom stereocenters. The lowest BCUT2D eigenvalue weighted by atomic mass is 10.0. The van der Waals surface area contributed by atoms with Gasteiger partial charge in [-0.05, 0) is 31.5 Å². The highest BCUT2D eigenvalue weighted by molar-refractivity contribution is 7.89. The summed E-state index contributed by atoms with van der Waals surface area (Å²) in [6, 6.07) is 4.78. The average molecular weight is 336 g/mol. The van der Waals surface area contributed by atoms with E-state index in [9.17, 15) is 21.6 Å². The largest absolute Gasteiger partial charge is 0.395 e. The third-order valence-electron chi connectivity index (χ3n) is 3.92. The van der Waals surface area contributed by atoms with Gasteiger partial charge in [0, 0.05) is 25.7 Å². The topological polar surface area (TPSA) is 49.4 Å². The van der Waals surface area contributed by atoms with Gasteiger partial charge in [0.25, 0.3) is 0 Å². The van der Waals surface area contributed by atoms with Gasteiger partial charge in [-0.25, -0.2) is 8.42 Å². The molecule has 1 aromatic carbocycles. The van der Waals surface area contributed by atoms with Gasteiger partial charge in [-0.1, -0.05) is 12.1 Å². The number of nitrogens with zero attached hydrogens (tertiary/aromatic N) is 1. The lowest BCUT2D eigenvalue weighted by Crippen LogP contribution is -2.52. The molecule has 22 heavy (non-hydrogen) atoms. The summed E-state index contributed by atoms with van der Waals surface area (Å²) in [4.78, 5) is 0.0272. The highest BCUT2D eigenvalue weighted by Gasteiger charge is 2.37. The normalized spacial score (nSPS) is 22.5. The van der Waals surface area contributed by atoms with Crippen LogP contribution in [0.15, 0.2) is 29.2 Å². The number of nitrogens with one attached hydrogen (secondary N) is 1. The minimum absolute atomic E-state index is 0.0272. The lowest BCUT2D eigenvalue weighted by molar-refractivity contribution is -0.146. The van der Waals surface area contributed by atoms with E-state index in [0.29, 0.717) is 19.6 Å². The van der Waals surface area contributed by atoms with Gasteiger partial charge in [0.15, 0.2) is 0 Å². The molecule has 0 aromatic heterocycles. The Morgan fingerprint density at radius 3 is 2.36 bits per heavy atom. The van der Waals surface area contributed by atoms with Crippen molar-refractivity contribution >= 4 is 10.0 Å². The van der Waals surface area contributed by atoms with Gasteiger partial charge in [0.2, 0.25) is 10.0 Å². The Hall–Kier alpha value is -1.12. The summed E-state index contributed by atoms with van der Waals surface area (Å²) in [6.45, 7) is 4.32. The third-order valence-corrected chi connectivity index (χ3v) is 5.95. The van der Waals surface area contributed by atoms with Gasteiger partial charge in [0.1, 0.15) is 0 Å². The Kier molecular flexibility index (Phi) is 4.84. The van der Waals surface area contributed by atoms with Crippen molar-refractivity contribution in [3.63, 3.8) is 0 Å². The number of benzene rings is 1. The predicted molar refractivity (Wildman–Crippen MR) is 77.1 cm³/mol. The number of piperazine rings is 1. The number of rotatable bonds is 3. The highest BCUT2D eigenvalue weighted by atomic mass is 32.2. The van der Waals surface area contributed by atoms with E-state index in [-0.39, 0.29) is 16.5 Å². The number of sulfonamides is 1.